The highest BCUT2D eigenvalue weighted by atomic mass is 32.2. The van der Waals surface area contributed by atoms with Crippen molar-refractivity contribution < 1.29 is 8.66 Å². The zero-order valence-corrected chi connectivity index (χ0v) is 8.84. The Kier molecular flexibility index (Phi) is 6.79. The average Bonchev–Trinajstić information content (AvgIpc) is 2.16. The van der Waals surface area contributed by atoms with Gasteiger partial charge in [0.25, 0.3) is 0 Å². The van der Waals surface area contributed by atoms with Gasteiger partial charge in [0, 0.05) is 7.05 Å². The van der Waals surface area contributed by atoms with E-state index in [-0.39, 0.29) is 13.5 Å². The fourth-order valence-electron chi connectivity index (χ4n) is 0.589. The summed E-state index contributed by atoms with van der Waals surface area (Å²) in [6.45, 7) is 0. The standard InChI is InChI=1S/C7H9FN2OS.H2S/c1-10(9-8)12-11-7-5-3-2-4-6-7;/h2-6,9H,1H3;1H2. The molecule has 0 fully saturated rings. The third-order valence-corrected chi connectivity index (χ3v) is 1.67. The van der Waals surface area contributed by atoms with Gasteiger partial charge < -0.3 is 4.18 Å². The van der Waals surface area contributed by atoms with Gasteiger partial charge in [0.15, 0.2) is 12.2 Å². The number of para-hydroxylation sites is 1. The molecule has 0 bridgehead atoms. The molecule has 0 saturated heterocycles. The first-order chi connectivity index (χ1) is 5.83. The third kappa shape index (κ3) is 4.99. The molecule has 6 heteroatoms. The van der Waals surface area contributed by atoms with Crippen molar-refractivity contribution in [2.75, 3.05) is 7.05 Å². The van der Waals surface area contributed by atoms with Crippen LogP contribution in [-0.4, -0.2) is 11.5 Å². The van der Waals surface area contributed by atoms with Gasteiger partial charge in [-0.15, -0.1) is 8.90 Å². The Balaban J connectivity index is 0.00000144. The molecule has 0 aliphatic heterocycles. The molecule has 0 aromatic heterocycles. The predicted octanol–water partition coefficient (Wildman–Crippen LogP) is 2.06. The molecule has 0 unspecified atom stereocenters. The van der Waals surface area contributed by atoms with Crippen molar-refractivity contribution in [1.82, 2.24) is 10.1 Å². The molecule has 0 saturated carbocycles. The second-order valence-corrected chi connectivity index (χ2v) is 2.92. The van der Waals surface area contributed by atoms with E-state index in [1.54, 1.807) is 12.1 Å². The molecule has 0 spiro atoms. The molecule has 1 rings (SSSR count). The number of hydrogen-bond donors (Lipinski definition) is 1. The lowest BCUT2D eigenvalue weighted by molar-refractivity contribution is 0.183. The number of nitrogens with one attached hydrogen (secondary N) is 1. The molecule has 0 atom stereocenters. The van der Waals surface area contributed by atoms with Crippen molar-refractivity contribution in [3.8, 4) is 5.75 Å². The van der Waals surface area contributed by atoms with Crippen LogP contribution in [0.4, 0.5) is 4.48 Å². The van der Waals surface area contributed by atoms with Crippen molar-refractivity contribution in [2.24, 2.45) is 0 Å². The van der Waals surface area contributed by atoms with Crippen LogP contribution in [0.3, 0.4) is 0 Å². The van der Waals surface area contributed by atoms with E-state index in [2.05, 4.69) is 0 Å². The highest BCUT2D eigenvalue weighted by molar-refractivity contribution is 7.92. The van der Waals surface area contributed by atoms with E-state index in [4.69, 9.17) is 4.18 Å². The number of rotatable bonds is 4. The number of benzene rings is 1. The molecule has 74 valence electrons. The summed E-state index contributed by atoms with van der Waals surface area (Å²) < 4.78 is 17.9. The minimum Gasteiger partial charge on any atom is -0.409 e. The first-order valence-corrected chi connectivity index (χ1v) is 4.02. The largest absolute Gasteiger partial charge is 0.409 e. The summed E-state index contributed by atoms with van der Waals surface area (Å²) in [5, 5.41) is 0. The molecule has 1 aromatic carbocycles. The van der Waals surface area contributed by atoms with Gasteiger partial charge in [-0.3, -0.25) is 0 Å². The van der Waals surface area contributed by atoms with E-state index < -0.39 is 0 Å². The second-order valence-electron chi connectivity index (χ2n) is 2.05. The maximum absolute atomic E-state index is 11.7. The minimum absolute atomic E-state index is 0. The second kappa shape index (κ2) is 7.02. The van der Waals surface area contributed by atoms with Gasteiger partial charge in [0.2, 0.25) is 0 Å². The lowest BCUT2D eigenvalue weighted by atomic mass is 10.3. The van der Waals surface area contributed by atoms with E-state index in [9.17, 15) is 4.48 Å². The van der Waals surface area contributed by atoms with Gasteiger partial charge in [0.05, 0.1) is 0 Å². The van der Waals surface area contributed by atoms with Crippen LogP contribution in [-0.2, 0) is 0 Å². The fourth-order valence-corrected chi connectivity index (χ4v) is 0.926. The molecular formula is C7H11FN2OS2. The lowest BCUT2D eigenvalue weighted by Crippen LogP contribution is -2.20. The number of hydrogen-bond acceptors (Lipinski definition) is 4. The molecule has 0 amide bonds. The van der Waals surface area contributed by atoms with Crippen LogP contribution < -0.4 is 9.83 Å². The summed E-state index contributed by atoms with van der Waals surface area (Å²) in [5.74, 6) is 0.685. The predicted molar refractivity (Wildman–Crippen MR) is 57.0 cm³/mol. The summed E-state index contributed by atoms with van der Waals surface area (Å²) in [4.78, 5) is 0. The van der Waals surface area contributed by atoms with Crippen molar-refractivity contribution in [3.63, 3.8) is 0 Å². The van der Waals surface area contributed by atoms with Gasteiger partial charge in [-0.05, 0) is 12.1 Å². The number of halogens is 1. The molecule has 1 N–H and O–H groups in total. The maximum Gasteiger partial charge on any atom is 0.164 e. The lowest BCUT2D eigenvalue weighted by Gasteiger charge is -2.09. The van der Waals surface area contributed by atoms with Crippen molar-refractivity contribution >= 4 is 25.7 Å². The Bertz CT molecular complexity index is 225. The van der Waals surface area contributed by atoms with E-state index in [0.29, 0.717) is 5.75 Å². The summed E-state index contributed by atoms with van der Waals surface area (Å²) >= 11 is 0.877. The van der Waals surface area contributed by atoms with Crippen molar-refractivity contribution in [3.05, 3.63) is 30.3 Å². The molecule has 1 aromatic rings. The molecular weight excluding hydrogens is 211 g/mol. The molecule has 13 heavy (non-hydrogen) atoms. The van der Waals surface area contributed by atoms with Gasteiger partial charge in [-0.25, -0.2) is 0 Å². The maximum atomic E-state index is 11.7. The average molecular weight is 222 g/mol. The van der Waals surface area contributed by atoms with E-state index in [1.165, 1.54) is 12.7 Å². The SMILES string of the molecule is CN(NF)SOc1ccccc1.S. The van der Waals surface area contributed by atoms with Crippen LogP contribution in [0.2, 0.25) is 0 Å². The topological polar surface area (TPSA) is 24.5 Å². The van der Waals surface area contributed by atoms with Gasteiger partial charge >= 0.3 is 0 Å². The molecule has 0 radical (unpaired) electrons. The van der Waals surface area contributed by atoms with E-state index in [0.717, 1.165) is 16.6 Å². The number of hydrazine groups is 1. The normalized spacial score (nSPS) is 9.46. The van der Waals surface area contributed by atoms with E-state index in [1.807, 2.05) is 18.2 Å². The molecule has 3 nitrogen and oxygen atoms in total. The highest BCUT2D eigenvalue weighted by Gasteiger charge is 1.98. The van der Waals surface area contributed by atoms with Gasteiger partial charge in [0.1, 0.15) is 5.75 Å². The monoisotopic (exact) mass is 222 g/mol. The summed E-state index contributed by atoms with van der Waals surface area (Å²) in [5.41, 5.74) is 1.41. The Morgan fingerprint density at radius 3 is 2.54 bits per heavy atom. The summed E-state index contributed by atoms with van der Waals surface area (Å²) in [7, 11) is 1.51. The van der Waals surface area contributed by atoms with Gasteiger partial charge in [-0.1, -0.05) is 23.8 Å². The first-order valence-electron chi connectivity index (χ1n) is 3.32. The highest BCUT2D eigenvalue weighted by Crippen LogP contribution is 2.15. The third-order valence-electron chi connectivity index (χ3n) is 1.11. The Morgan fingerprint density at radius 2 is 2.00 bits per heavy atom. The van der Waals surface area contributed by atoms with Crippen molar-refractivity contribution in [1.29, 1.82) is 0 Å². The van der Waals surface area contributed by atoms with Crippen LogP contribution in [0.5, 0.6) is 5.75 Å². The molecule has 0 aliphatic rings. The molecule has 0 heterocycles. The van der Waals surface area contributed by atoms with Crippen LogP contribution in [0.1, 0.15) is 0 Å². The first kappa shape index (κ1) is 12.6. The fraction of sp³-hybridized carbons (Fsp3) is 0.143. The minimum atomic E-state index is 0. The Labute approximate surface area is 88.0 Å². The Hall–Kier alpha value is -0.430. The number of nitrogens with zero attached hydrogens (tertiary/aromatic N) is 1. The van der Waals surface area contributed by atoms with Gasteiger partial charge in [-0.2, -0.15) is 13.5 Å². The van der Waals surface area contributed by atoms with Crippen LogP contribution >= 0.6 is 25.7 Å². The van der Waals surface area contributed by atoms with Crippen LogP contribution in [0.25, 0.3) is 0 Å². The van der Waals surface area contributed by atoms with Crippen molar-refractivity contribution in [2.45, 2.75) is 0 Å². The van der Waals surface area contributed by atoms with E-state index >= 15 is 0 Å². The summed E-state index contributed by atoms with van der Waals surface area (Å²) in [6.07, 6.45) is 0. The zero-order chi connectivity index (χ0) is 8.81. The summed E-state index contributed by atoms with van der Waals surface area (Å²) in [6, 6.07) is 9.16. The quantitative estimate of drug-likeness (QED) is 0.365. The zero-order valence-electron chi connectivity index (χ0n) is 7.03. The van der Waals surface area contributed by atoms with Crippen LogP contribution in [0, 0.1) is 0 Å². The smallest absolute Gasteiger partial charge is 0.164 e. The molecule has 0 aliphatic carbocycles. The van der Waals surface area contributed by atoms with Crippen LogP contribution in [0.15, 0.2) is 30.3 Å². The Morgan fingerprint density at radius 1 is 1.38 bits per heavy atom.